The van der Waals surface area contributed by atoms with Crippen LogP contribution in [0.15, 0.2) is 43.0 Å². The number of carboxylic acid groups (broad SMARTS) is 2. The number of nitrogens with one attached hydrogen (secondary N) is 1. The lowest BCUT2D eigenvalue weighted by atomic mass is 10.2. The van der Waals surface area contributed by atoms with Gasteiger partial charge in [-0.3, -0.25) is 9.59 Å². The number of rotatable bonds is 7. The highest BCUT2D eigenvalue weighted by Gasteiger charge is 2.28. The number of carbonyl (C=O) groups is 3. The summed E-state index contributed by atoms with van der Waals surface area (Å²) in [5.41, 5.74) is 0.367. The molecule has 0 aliphatic heterocycles. The van der Waals surface area contributed by atoms with E-state index in [0.717, 1.165) is 11.0 Å². The number of benzene rings is 1. The van der Waals surface area contributed by atoms with Crippen LogP contribution in [-0.2, 0) is 14.4 Å². The van der Waals surface area contributed by atoms with Gasteiger partial charge in [0.1, 0.15) is 6.54 Å². The van der Waals surface area contributed by atoms with Crippen molar-refractivity contribution in [2.75, 3.05) is 11.4 Å². The molecule has 1 unspecified atom stereocenters. The summed E-state index contributed by atoms with van der Waals surface area (Å²) in [5, 5.41) is 20.3. The lowest BCUT2D eigenvalue weighted by molar-refractivity contribution is -0.141. The molecule has 0 aromatic heterocycles. The van der Waals surface area contributed by atoms with E-state index in [-0.39, 0.29) is 0 Å². The van der Waals surface area contributed by atoms with Crippen molar-refractivity contribution in [3.05, 3.63) is 43.0 Å². The molecule has 7 nitrogen and oxygen atoms in total. The minimum Gasteiger partial charge on any atom is -0.480 e. The number of amides is 1. The molecule has 0 bridgehead atoms. The van der Waals surface area contributed by atoms with Gasteiger partial charge in [-0.15, -0.1) is 0 Å². The molecule has 0 aliphatic carbocycles. The van der Waals surface area contributed by atoms with Gasteiger partial charge in [0.25, 0.3) is 0 Å². The molecule has 0 fully saturated rings. The van der Waals surface area contributed by atoms with Crippen molar-refractivity contribution >= 4 is 23.5 Å². The number of anilines is 1. The first-order chi connectivity index (χ1) is 9.45. The second-order valence-electron chi connectivity index (χ2n) is 3.81. The van der Waals surface area contributed by atoms with Crippen LogP contribution in [0.3, 0.4) is 0 Å². The first kappa shape index (κ1) is 15.2. The largest absolute Gasteiger partial charge is 0.480 e. The molecule has 0 spiro atoms. The van der Waals surface area contributed by atoms with Crippen LogP contribution in [0, 0.1) is 0 Å². The van der Waals surface area contributed by atoms with Crippen LogP contribution >= 0.6 is 0 Å². The van der Waals surface area contributed by atoms with E-state index in [2.05, 4.69) is 11.9 Å². The molecule has 1 aromatic carbocycles. The first-order valence-electron chi connectivity index (χ1n) is 5.65. The number of carbonyl (C=O) groups excluding carboxylic acids is 1. The third-order valence-corrected chi connectivity index (χ3v) is 2.40. The SMILES string of the molecule is C=CC(=O)NC(C(=O)O)N(CC(=O)O)c1ccccc1. The zero-order chi connectivity index (χ0) is 15.1. The van der Waals surface area contributed by atoms with Crippen molar-refractivity contribution in [2.45, 2.75) is 6.17 Å². The van der Waals surface area contributed by atoms with Gasteiger partial charge < -0.3 is 20.4 Å². The smallest absolute Gasteiger partial charge is 0.347 e. The van der Waals surface area contributed by atoms with Crippen LogP contribution in [0.2, 0.25) is 0 Å². The number of aliphatic carboxylic acids is 2. The maximum atomic E-state index is 11.3. The monoisotopic (exact) mass is 278 g/mol. The third kappa shape index (κ3) is 4.13. The zero-order valence-electron chi connectivity index (χ0n) is 10.5. The topological polar surface area (TPSA) is 107 Å². The van der Waals surface area contributed by atoms with Crippen molar-refractivity contribution in [2.24, 2.45) is 0 Å². The van der Waals surface area contributed by atoms with Crippen LogP contribution < -0.4 is 10.2 Å². The number of para-hydroxylation sites is 1. The fourth-order valence-electron chi connectivity index (χ4n) is 1.56. The summed E-state index contributed by atoms with van der Waals surface area (Å²) in [6, 6.07) is 8.09. The molecule has 0 saturated carbocycles. The standard InChI is InChI=1S/C13H14N2O5/c1-2-10(16)14-12(13(19)20)15(8-11(17)18)9-6-4-3-5-7-9/h2-7,12H,1,8H2,(H,14,16)(H,17,18)(H,19,20). The van der Waals surface area contributed by atoms with Crippen LogP contribution in [0.1, 0.15) is 0 Å². The molecule has 20 heavy (non-hydrogen) atoms. The van der Waals surface area contributed by atoms with Gasteiger partial charge >= 0.3 is 11.9 Å². The quantitative estimate of drug-likeness (QED) is 0.489. The van der Waals surface area contributed by atoms with E-state index in [0.29, 0.717) is 5.69 Å². The Balaban J connectivity index is 3.11. The van der Waals surface area contributed by atoms with Crippen molar-refractivity contribution < 1.29 is 24.6 Å². The predicted molar refractivity (Wildman–Crippen MR) is 71.2 cm³/mol. The number of hydrogen-bond donors (Lipinski definition) is 3. The molecular weight excluding hydrogens is 264 g/mol. The van der Waals surface area contributed by atoms with Gasteiger partial charge in [-0.25, -0.2) is 4.79 Å². The lowest BCUT2D eigenvalue weighted by Gasteiger charge is -2.29. The van der Waals surface area contributed by atoms with E-state index in [1.54, 1.807) is 30.3 Å². The average Bonchev–Trinajstić information content (AvgIpc) is 2.42. The summed E-state index contributed by atoms with van der Waals surface area (Å²) in [4.78, 5) is 34.5. The predicted octanol–water partition coefficient (Wildman–Crippen LogP) is 0.291. The summed E-state index contributed by atoms with van der Waals surface area (Å²) in [6.07, 6.45) is -0.584. The van der Waals surface area contributed by atoms with E-state index in [1.807, 2.05) is 0 Å². The molecule has 106 valence electrons. The Labute approximate surface area is 115 Å². The Morgan fingerprint density at radius 1 is 1.25 bits per heavy atom. The average molecular weight is 278 g/mol. The minimum absolute atomic E-state index is 0.367. The van der Waals surface area contributed by atoms with Crippen LogP contribution in [-0.4, -0.2) is 40.8 Å². The fourth-order valence-corrected chi connectivity index (χ4v) is 1.56. The molecule has 1 aromatic rings. The molecule has 0 radical (unpaired) electrons. The third-order valence-electron chi connectivity index (χ3n) is 2.40. The van der Waals surface area contributed by atoms with Gasteiger partial charge in [0.15, 0.2) is 0 Å². The van der Waals surface area contributed by atoms with Gasteiger partial charge in [0.2, 0.25) is 12.1 Å². The molecule has 3 N–H and O–H groups in total. The maximum absolute atomic E-state index is 11.3. The first-order valence-corrected chi connectivity index (χ1v) is 5.65. The highest BCUT2D eigenvalue weighted by atomic mass is 16.4. The van der Waals surface area contributed by atoms with Gasteiger partial charge in [-0.1, -0.05) is 24.8 Å². The summed E-state index contributed by atoms with van der Waals surface area (Å²) in [7, 11) is 0. The van der Waals surface area contributed by atoms with E-state index >= 15 is 0 Å². The van der Waals surface area contributed by atoms with Gasteiger partial charge in [-0.05, 0) is 18.2 Å². The number of carboxylic acids is 2. The molecule has 0 saturated heterocycles. The van der Waals surface area contributed by atoms with Crippen molar-refractivity contribution in [1.29, 1.82) is 0 Å². The normalized spacial score (nSPS) is 11.2. The Kier molecular flexibility index (Phi) is 5.28. The van der Waals surface area contributed by atoms with Crippen LogP contribution in [0.5, 0.6) is 0 Å². The molecule has 0 heterocycles. The van der Waals surface area contributed by atoms with E-state index < -0.39 is 30.6 Å². The van der Waals surface area contributed by atoms with E-state index in [1.165, 1.54) is 0 Å². The van der Waals surface area contributed by atoms with Crippen molar-refractivity contribution in [1.82, 2.24) is 5.32 Å². The Hall–Kier alpha value is -2.83. The summed E-state index contributed by atoms with van der Waals surface area (Å²) < 4.78 is 0. The fraction of sp³-hybridized carbons (Fsp3) is 0.154. The minimum atomic E-state index is -1.50. The molecule has 1 atom stereocenters. The number of nitrogens with zero attached hydrogens (tertiary/aromatic N) is 1. The van der Waals surface area contributed by atoms with E-state index in [4.69, 9.17) is 5.11 Å². The zero-order valence-corrected chi connectivity index (χ0v) is 10.5. The highest BCUT2D eigenvalue weighted by Crippen LogP contribution is 2.15. The summed E-state index contributed by atoms with van der Waals surface area (Å²) in [6.45, 7) is 2.66. The molecule has 1 rings (SSSR count). The van der Waals surface area contributed by atoms with Crippen molar-refractivity contribution in [3.63, 3.8) is 0 Å². The highest BCUT2D eigenvalue weighted by molar-refractivity contribution is 5.92. The van der Waals surface area contributed by atoms with Gasteiger partial charge in [-0.2, -0.15) is 0 Å². The number of hydrogen-bond acceptors (Lipinski definition) is 4. The Morgan fingerprint density at radius 3 is 2.30 bits per heavy atom. The second-order valence-corrected chi connectivity index (χ2v) is 3.81. The van der Waals surface area contributed by atoms with Crippen molar-refractivity contribution in [3.8, 4) is 0 Å². The molecule has 0 aliphatic rings. The van der Waals surface area contributed by atoms with E-state index in [9.17, 15) is 19.5 Å². The Bertz CT molecular complexity index is 515. The molecular formula is C13H14N2O5. The van der Waals surface area contributed by atoms with Crippen LogP contribution in [0.25, 0.3) is 0 Å². The maximum Gasteiger partial charge on any atom is 0.347 e. The second kappa shape index (κ2) is 6.93. The van der Waals surface area contributed by atoms with Gasteiger partial charge in [0, 0.05) is 5.69 Å². The summed E-state index contributed by atoms with van der Waals surface area (Å²) in [5.74, 6) is -3.29. The molecule has 1 amide bonds. The lowest BCUT2D eigenvalue weighted by Crippen LogP contribution is -2.54. The summed E-state index contributed by atoms with van der Waals surface area (Å²) >= 11 is 0. The Morgan fingerprint density at radius 2 is 1.85 bits per heavy atom. The van der Waals surface area contributed by atoms with Gasteiger partial charge in [0.05, 0.1) is 0 Å². The molecule has 7 heteroatoms. The van der Waals surface area contributed by atoms with Crippen LogP contribution in [0.4, 0.5) is 5.69 Å².